The number of fused-ring (bicyclic) bond motifs is 3. The third kappa shape index (κ3) is 4.91. The predicted molar refractivity (Wildman–Crippen MR) is 134 cm³/mol. The maximum absolute atomic E-state index is 13.6. The SMILES string of the molecule is COC(=O)CN1C(=O)c2oc3ccc(Cl)cc3c2OCC1(C)C(=O)CCCCc1ccccc1OC. The maximum Gasteiger partial charge on any atom is 0.325 e. The number of furan rings is 1. The molecule has 0 radical (unpaired) electrons. The number of carbonyl (C=O) groups excluding carboxylic acids is 3. The van der Waals surface area contributed by atoms with Gasteiger partial charge < -0.3 is 23.5 Å². The molecule has 4 rings (SSSR count). The summed E-state index contributed by atoms with van der Waals surface area (Å²) in [5.74, 6) is -0.550. The highest BCUT2D eigenvalue weighted by Crippen LogP contribution is 2.40. The van der Waals surface area contributed by atoms with E-state index in [1.54, 1.807) is 32.2 Å². The summed E-state index contributed by atoms with van der Waals surface area (Å²) in [4.78, 5) is 40.5. The number of para-hydroxylation sites is 1. The third-order valence-electron chi connectivity index (χ3n) is 6.55. The fraction of sp³-hybridized carbons (Fsp3) is 0.370. The largest absolute Gasteiger partial charge is 0.496 e. The van der Waals surface area contributed by atoms with Crippen LogP contribution in [0, 0.1) is 0 Å². The molecule has 1 aliphatic heterocycles. The van der Waals surface area contributed by atoms with Crippen LogP contribution in [0.2, 0.25) is 5.02 Å². The van der Waals surface area contributed by atoms with Crippen molar-refractivity contribution in [3.8, 4) is 11.5 Å². The number of hydrogen-bond donors (Lipinski definition) is 0. The molecule has 0 saturated carbocycles. The summed E-state index contributed by atoms with van der Waals surface area (Å²) < 4.78 is 22.0. The zero-order valence-corrected chi connectivity index (χ0v) is 21.2. The molecular weight excluding hydrogens is 486 g/mol. The second-order valence-electron chi connectivity index (χ2n) is 8.87. The summed E-state index contributed by atoms with van der Waals surface area (Å²) in [7, 11) is 2.86. The first-order valence-corrected chi connectivity index (χ1v) is 12.0. The minimum Gasteiger partial charge on any atom is -0.496 e. The van der Waals surface area contributed by atoms with Gasteiger partial charge in [-0.3, -0.25) is 14.4 Å². The summed E-state index contributed by atoms with van der Waals surface area (Å²) in [6.07, 6.45) is 2.29. The van der Waals surface area contributed by atoms with E-state index >= 15 is 0 Å². The van der Waals surface area contributed by atoms with E-state index < -0.39 is 24.0 Å². The van der Waals surface area contributed by atoms with Gasteiger partial charge in [-0.05, 0) is 56.0 Å². The molecule has 1 unspecified atom stereocenters. The van der Waals surface area contributed by atoms with E-state index in [0.717, 1.165) is 24.2 Å². The standard InChI is InChI=1S/C27H28ClNO7/c1-27(22(30)11-7-5-9-17-8-4-6-10-20(17)33-2)16-35-24-19-14-18(28)12-13-21(19)36-25(24)26(32)29(27)15-23(31)34-3/h4,6,8,10,12-14H,5,7,9,11,15-16H2,1-3H3. The van der Waals surface area contributed by atoms with Crippen LogP contribution in [-0.2, 0) is 20.7 Å². The van der Waals surface area contributed by atoms with E-state index in [1.165, 1.54) is 12.0 Å². The monoisotopic (exact) mass is 513 g/mol. The van der Waals surface area contributed by atoms with Crippen LogP contribution < -0.4 is 9.47 Å². The minimum atomic E-state index is -1.40. The number of Topliss-reactive ketones (excluding diaryl/α,β-unsaturated/α-hetero) is 1. The number of aryl methyl sites for hydroxylation is 1. The van der Waals surface area contributed by atoms with Crippen molar-refractivity contribution in [1.29, 1.82) is 0 Å². The van der Waals surface area contributed by atoms with Gasteiger partial charge in [-0.1, -0.05) is 29.8 Å². The molecule has 0 saturated heterocycles. The summed E-state index contributed by atoms with van der Waals surface area (Å²) in [5, 5.41) is 0.976. The van der Waals surface area contributed by atoms with Gasteiger partial charge in [-0.25, -0.2) is 0 Å². The van der Waals surface area contributed by atoms with Gasteiger partial charge in [0.2, 0.25) is 5.76 Å². The molecule has 2 heterocycles. The number of hydrogen-bond acceptors (Lipinski definition) is 7. The van der Waals surface area contributed by atoms with E-state index in [9.17, 15) is 14.4 Å². The highest BCUT2D eigenvalue weighted by atomic mass is 35.5. The molecule has 3 aromatic rings. The van der Waals surface area contributed by atoms with Crippen LogP contribution in [-0.4, -0.2) is 55.5 Å². The Labute approximate surface area is 214 Å². The van der Waals surface area contributed by atoms with E-state index in [-0.39, 0.29) is 30.3 Å². The Bertz CT molecular complexity index is 1300. The summed E-state index contributed by atoms with van der Waals surface area (Å²) in [6.45, 7) is 1.05. The Morgan fingerprint density at radius 1 is 1.14 bits per heavy atom. The molecule has 2 aromatic carbocycles. The molecular formula is C27H28ClNO7. The zero-order valence-electron chi connectivity index (χ0n) is 20.5. The third-order valence-corrected chi connectivity index (χ3v) is 6.78. The number of benzene rings is 2. The number of rotatable bonds is 9. The average molecular weight is 514 g/mol. The lowest BCUT2D eigenvalue weighted by Crippen LogP contribution is -2.59. The van der Waals surface area contributed by atoms with Crippen molar-refractivity contribution in [3.63, 3.8) is 0 Å². The molecule has 1 amide bonds. The van der Waals surface area contributed by atoms with Gasteiger partial charge in [0, 0.05) is 11.4 Å². The molecule has 0 N–H and O–H groups in total. The van der Waals surface area contributed by atoms with Gasteiger partial charge >= 0.3 is 5.97 Å². The second-order valence-corrected chi connectivity index (χ2v) is 9.31. The van der Waals surface area contributed by atoms with Gasteiger partial charge in [0.1, 0.15) is 30.0 Å². The van der Waals surface area contributed by atoms with Crippen LogP contribution in [0.15, 0.2) is 46.9 Å². The number of methoxy groups -OCH3 is 2. The maximum atomic E-state index is 13.6. The topological polar surface area (TPSA) is 95.3 Å². The van der Waals surface area contributed by atoms with E-state index in [1.807, 2.05) is 24.3 Å². The van der Waals surface area contributed by atoms with E-state index in [0.29, 0.717) is 22.4 Å². The average Bonchev–Trinajstić information content (AvgIpc) is 3.20. The molecule has 0 spiro atoms. The lowest BCUT2D eigenvalue weighted by molar-refractivity contribution is -0.144. The predicted octanol–water partition coefficient (Wildman–Crippen LogP) is 4.84. The second kappa shape index (κ2) is 10.6. The van der Waals surface area contributed by atoms with Gasteiger partial charge in [-0.2, -0.15) is 0 Å². The molecule has 9 heteroatoms. The summed E-state index contributed by atoms with van der Waals surface area (Å²) in [5.41, 5.74) is 0.0818. The number of ether oxygens (including phenoxy) is 3. The van der Waals surface area contributed by atoms with Crippen molar-refractivity contribution in [1.82, 2.24) is 4.90 Å². The molecule has 36 heavy (non-hydrogen) atoms. The fourth-order valence-corrected chi connectivity index (χ4v) is 4.59. The van der Waals surface area contributed by atoms with Crippen LogP contribution >= 0.6 is 11.6 Å². The quantitative estimate of drug-likeness (QED) is 0.298. The molecule has 8 nitrogen and oxygen atoms in total. The molecule has 0 aliphatic carbocycles. The number of nitrogens with zero attached hydrogens (tertiary/aromatic N) is 1. The molecule has 1 aromatic heterocycles. The van der Waals surface area contributed by atoms with Crippen molar-refractivity contribution in [2.75, 3.05) is 27.4 Å². The summed E-state index contributed by atoms with van der Waals surface area (Å²) >= 11 is 6.14. The first-order chi connectivity index (χ1) is 17.3. The Hall–Kier alpha value is -3.52. The molecule has 0 bridgehead atoms. The number of unbranched alkanes of at least 4 members (excludes halogenated alkanes) is 1. The van der Waals surface area contributed by atoms with Crippen LogP contribution in [0.25, 0.3) is 11.0 Å². The smallest absolute Gasteiger partial charge is 0.325 e. The van der Waals surface area contributed by atoms with E-state index in [4.69, 9.17) is 30.2 Å². The van der Waals surface area contributed by atoms with Crippen molar-refractivity contribution < 1.29 is 33.0 Å². The van der Waals surface area contributed by atoms with E-state index in [2.05, 4.69) is 0 Å². The number of esters is 1. The number of carbonyl (C=O) groups is 3. The zero-order chi connectivity index (χ0) is 25.9. The Morgan fingerprint density at radius 3 is 2.67 bits per heavy atom. The van der Waals surface area contributed by atoms with Gasteiger partial charge in [-0.15, -0.1) is 0 Å². The molecule has 1 aliphatic rings. The van der Waals surface area contributed by atoms with Crippen LogP contribution in [0.5, 0.6) is 11.5 Å². The van der Waals surface area contributed by atoms with Crippen LogP contribution in [0.3, 0.4) is 0 Å². The van der Waals surface area contributed by atoms with Crippen molar-refractivity contribution in [2.45, 2.75) is 38.1 Å². The Kier molecular flexibility index (Phi) is 7.54. The minimum absolute atomic E-state index is 0.0798. The molecule has 0 fully saturated rings. The Balaban J connectivity index is 1.55. The first kappa shape index (κ1) is 25.6. The number of amides is 1. The summed E-state index contributed by atoms with van der Waals surface area (Å²) in [6, 6.07) is 12.7. The lowest BCUT2D eigenvalue weighted by Gasteiger charge is -2.36. The Morgan fingerprint density at radius 2 is 1.92 bits per heavy atom. The molecule has 1 atom stereocenters. The van der Waals surface area contributed by atoms with Gasteiger partial charge in [0.15, 0.2) is 11.5 Å². The van der Waals surface area contributed by atoms with Crippen molar-refractivity contribution in [2.24, 2.45) is 0 Å². The van der Waals surface area contributed by atoms with Crippen LogP contribution in [0.1, 0.15) is 42.3 Å². The number of halogens is 1. The van der Waals surface area contributed by atoms with Gasteiger partial charge in [0.05, 0.1) is 19.6 Å². The normalized spacial score (nSPS) is 17.3. The van der Waals surface area contributed by atoms with Crippen molar-refractivity contribution >= 4 is 40.2 Å². The van der Waals surface area contributed by atoms with Crippen LogP contribution in [0.4, 0.5) is 0 Å². The molecule has 190 valence electrons. The highest BCUT2D eigenvalue weighted by Gasteiger charge is 2.48. The number of ketones is 1. The highest BCUT2D eigenvalue weighted by molar-refractivity contribution is 6.31. The lowest BCUT2D eigenvalue weighted by atomic mass is 9.90. The fourth-order valence-electron chi connectivity index (χ4n) is 4.42. The first-order valence-electron chi connectivity index (χ1n) is 11.7. The van der Waals surface area contributed by atoms with Gasteiger partial charge in [0.25, 0.3) is 5.91 Å². The van der Waals surface area contributed by atoms with Crippen molar-refractivity contribution in [3.05, 3.63) is 58.8 Å².